The molecule has 1 aliphatic rings. The Morgan fingerprint density at radius 2 is 2.11 bits per heavy atom. The smallest absolute Gasteiger partial charge is 0.227 e. The second-order valence-electron chi connectivity index (χ2n) is 5.97. The number of amides is 1. The average molecular weight is 262 g/mol. The number of carbonyl (C=O) groups is 1. The van der Waals surface area contributed by atoms with Crippen molar-refractivity contribution in [3.8, 4) is 0 Å². The van der Waals surface area contributed by atoms with Gasteiger partial charge in [-0.2, -0.15) is 0 Å². The predicted molar refractivity (Wildman–Crippen MR) is 75.9 cm³/mol. The lowest BCUT2D eigenvalue weighted by Crippen LogP contribution is -2.43. The van der Waals surface area contributed by atoms with Gasteiger partial charge >= 0.3 is 0 Å². The molecule has 0 bridgehead atoms. The molecule has 104 valence electrons. The van der Waals surface area contributed by atoms with Crippen LogP contribution in [-0.4, -0.2) is 24.2 Å². The van der Waals surface area contributed by atoms with Gasteiger partial charge < -0.3 is 15.7 Å². The molecule has 1 heterocycles. The molecule has 19 heavy (non-hydrogen) atoms. The SMILES string of the molecule is CC(C)(CO)CN1C(=O)CCc2cc(CN)ccc21. The van der Waals surface area contributed by atoms with Crippen molar-refractivity contribution in [2.45, 2.75) is 33.2 Å². The number of rotatable bonds is 4. The van der Waals surface area contributed by atoms with Crippen molar-refractivity contribution in [1.29, 1.82) is 0 Å². The van der Waals surface area contributed by atoms with Crippen molar-refractivity contribution in [1.82, 2.24) is 0 Å². The van der Waals surface area contributed by atoms with Crippen LogP contribution in [-0.2, 0) is 17.8 Å². The standard InChI is InChI=1S/C15H22N2O2/c1-15(2,10-18)9-17-13-5-3-11(8-16)7-12(13)4-6-14(17)19/h3,5,7,18H,4,6,8-10,16H2,1-2H3. The monoisotopic (exact) mass is 262 g/mol. The van der Waals surface area contributed by atoms with Gasteiger partial charge in [-0.15, -0.1) is 0 Å². The fourth-order valence-corrected chi connectivity index (χ4v) is 2.39. The second kappa shape index (κ2) is 5.31. The molecule has 0 aliphatic carbocycles. The lowest BCUT2D eigenvalue weighted by atomic mass is 9.91. The molecule has 0 aromatic heterocycles. The average Bonchev–Trinajstić information content (AvgIpc) is 2.41. The predicted octanol–water partition coefficient (Wildman–Crippen LogP) is 1.44. The lowest BCUT2D eigenvalue weighted by molar-refractivity contribution is -0.119. The quantitative estimate of drug-likeness (QED) is 0.863. The molecule has 1 amide bonds. The molecule has 4 heteroatoms. The number of anilines is 1. The summed E-state index contributed by atoms with van der Waals surface area (Å²) in [6.07, 6.45) is 1.31. The Hall–Kier alpha value is -1.39. The first-order valence-corrected chi connectivity index (χ1v) is 6.70. The summed E-state index contributed by atoms with van der Waals surface area (Å²) in [5.41, 5.74) is 8.60. The van der Waals surface area contributed by atoms with Crippen LogP contribution in [0.3, 0.4) is 0 Å². The number of carbonyl (C=O) groups excluding carboxylic acids is 1. The third-order valence-corrected chi connectivity index (χ3v) is 3.59. The summed E-state index contributed by atoms with van der Waals surface area (Å²) in [6.45, 7) is 5.04. The molecule has 0 radical (unpaired) electrons. The number of hydrogen-bond acceptors (Lipinski definition) is 3. The van der Waals surface area contributed by atoms with Crippen LogP contribution in [0, 0.1) is 5.41 Å². The summed E-state index contributed by atoms with van der Waals surface area (Å²) in [5, 5.41) is 9.39. The van der Waals surface area contributed by atoms with Crippen molar-refractivity contribution < 1.29 is 9.90 Å². The third-order valence-electron chi connectivity index (χ3n) is 3.59. The Bertz CT molecular complexity index is 483. The van der Waals surface area contributed by atoms with Crippen LogP contribution >= 0.6 is 0 Å². The van der Waals surface area contributed by atoms with Gasteiger partial charge in [-0.1, -0.05) is 26.0 Å². The molecule has 0 saturated carbocycles. The van der Waals surface area contributed by atoms with Gasteiger partial charge in [0, 0.05) is 37.2 Å². The molecule has 0 saturated heterocycles. The van der Waals surface area contributed by atoms with E-state index in [4.69, 9.17) is 5.73 Å². The lowest BCUT2D eigenvalue weighted by Gasteiger charge is -2.35. The van der Waals surface area contributed by atoms with Crippen LogP contribution < -0.4 is 10.6 Å². The Morgan fingerprint density at radius 3 is 2.74 bits per heavy atom. The van der Waals surface area contributed by atoms with Crippen molar-refractivity contribution in [2.24, 2.45) is 11.1 Å². The van der Waals surface area contributed by atoms with E-state index in [1.165, 1.54) is 5.56 Å². The Balaban J connectivity index is 2.33. The van der Waals surface area contributed by atoms with Gasteiger partial charge in [-0.3, -0.25) is 4.79 Å². The summed E-state index contributed by atoms with van der Waals surface area (Å²) in [6, 6.07) is 6.03. The van der Waals surface area contributed by atoms with Gasteiger partial charge in [0.05, 0.1) is 0 Å². The molecule has 0 unspecified atom stereocenters. The van der Waals surface area contributed by atoms with E-state index in [1.54, 1.807) is 4.90 Å². The normalized spacial score (nSPS) is 15.6. The minimum atomic E-state index is -0.295. The zero-order chi connectivity index (χ0) is 14.0. The Kier molecular flexibility index (Phi) is 3.92. The zero-order valence-electron chi connectivity index (χ0n) is 11.6. The third kappa shape index (κ3) is 2.96. The highest BCUT2D eigenvalue weighted by atomic mass is 16.3. The molecule has 0 atom stereocenters. The van der Waals surface area contributed by atoms with E-state index in [1.807, 2.05) is 26.0 Å². The molecule has 4 nitrogen and oxygen atoms in total. The zero-order valence-corrected chi connectivity index (χ0v) is 11.6. The van der Waals surface area contributed by atoms with Crippen molar-refractivity contribution in [3.05, 3.63) is 29.3 Å². The molecular formula is C15H22N2O2. The van der Waals surface area contributed by atoms with E-state index < -0.39 is 0 Å². The van der Waals surface area contributed by atoms with E-state index >= 15 is 0 Å². The maximum atomic E-state index is 12.1. The Labute approximate surface area is 114 Å². The maximum Gasteiger partial charge on any atom is 0.227 e. The fraction of sp³-hybridized carbons (Fsp3) is 0.533. The summed E-state index contributed by atoms with van der Waals surface area (Å²) < 4.78 is 0. The molecule has 2 rings (SSSR count). The van der Waals surface area contributed by atoms with Gasteiger partial charge in [0.1, 0.15) is 0 Å². The maximum absolute atomic E-state index is 12.1. The van der Waals surface area contributed by atoms with Crippen molar-refractivity contribution >= 4 is 11.6 Å². The minimum Gasteiger partial charge on any atom is -0.396 e. The first-order valence-electron chi connectivity index (χ1n) is 6.70. The molecule has 3 N–H and O–H groups in total. The van der Waals surface area contributed by atoms with Gasteiger partial charge in [-0.25, -0.2) is 0 Å². The van der Waals surface area contributed by atoms with E-state index in [-0.39, 0.29) is 17.9 Å². The number of hydrogen-bond donors (Lipinski definition) is 2. The first-order chi connectivity index (χ1) is 8.96. The molecule has 1 aliphatic heterocycles. The molecular weight excluding hydrogens is 240 g/mol. The van der Waals surface area contributed by atoms with Crippen LogP contribution in [0.15, 0.2) is 18.2 Å². The Morgan fingerprint density at radius 1 is 1.37 bits per heavy atom. The number of nitrogens with two attached hydrogens (primary N) is 1. The van der Waals surface area contributed by atoms with E-state index in [0.717, 1.165) is 17.7 Å². The number of nitrogens with zero attached hydrogens (tertiary/aromatic N) is 1. The van der Waals surface area contributed by atoms with Gasteiger partial charge in [0.25, 0.3) is 0 Å². The van der Waals surface area contributed by atoms with E-state index in [9.17, 15) is 9.90 Å². The first kappa shape index (κ1) is 14.0. The number of aryl methyl sites for hydroxylation is 1. The topological polar surface area (TPSA) is 66.6 Å². The van der Waals surface area contributed by atoms with Crippen LogP contribution in [0.1, 0.15) is 31.4 Å². The number of aliphatic hydroxyl groups is 1. The van der Waals surface area contributed by atoms with Gasteiger partial charge in [-0.05, 0) is 23.6 Å². The summed E-state index contributed by atoms with van der Waals surface area (Å²) in [4.78, 5) is 13.9. The van der Waals surface area contributed by atoms with Crippen LogP contribution in [0.5, 0.6) is 0 Å². The summed E-state index contributed by atoms with van der Waals surface area (Å²) in [5.74, 6) is 0.134. The van der Waals surface area contributed by atoms with Crippen LogP contribution in [0.4, 0.5) is 5.69 Å². The molecule has 0 spiro atoms. The molecule has 1 aromatic rings. The van der Waals surface area contributed by atoms with Gasteiger partial charge in [0.15, 0.2) is 0 Å². The van der Waals surface area contributed by atoms with E-state index in [0.29, 0.717) is 19.5 Å². The summed E-state index contributed by atoms with van der Waals surface area (Å²) in [7, 11) is 0. The number of benzene rings is 1. The summed E-state index contributed by atoms with van der Waals surface area (Å²) >= 11 is 0. The van der Waals surface area contributed by atoms with Crippen molar-refractivity contribution in [3.63, 3.8) is 0 Å². The highest BCUT2D eigenvalue weighted by Gasteiger charge is 2.29. The van der Waals surface area contributed by atoms with Gasteiger partial charge in [0.2, 0.25) is 5.91 Å². The minimum absolute atomic E-state index is 0.0625. The molecule has 0 fully saturated rings. The number of aliphatic hydroxyl groups excluding tert-OH is 1. The van der Waals surface area contributed by atoms with Crippen molar-refractivity contribution in [2.75, 3.05) is 18.1 Å². The molecule has 1 aromatic carbocycles. The fourth-order valence-electron chi connectivity index (χ4n) is 2.39. The second-order valence-corrected chi connectivity index (χ2v) is 5.97. The van der Waals surface area contributed by atoms with Crippen LogP contribution in [0.25, 0.3) is 0 Å². The highest BCUT2D eigenvalue weighted by Crippen LogP contribution is 2.31. The van der Waals surface area contributed by atoms with E-state index in [2.05, 4.69) is 6.07 Å². The van der Waals surface area contributed by atoms with Crippen LogP contribution in [0.2, 0.25) is 0 Å². The highest BCUT2D eigenvalue weighted by molar-refractivity contribution is 5.96. The number of fused-ring (bicyclic) bond motifs is 1. The largest absolute Gasteiger partial charge is 0.396 e.